The number of carbonyl (C=O) groups excluding carboxylic acids is 1. The zero-order chi connectivity index (χ0) is 16.7. The topological polar surface area (TPSA) is 56.0 Å². The van der Waals surface area contributed by atoms with Crippen molar-refractivity contribution in [3.63, 3.8) is 0 Å². The van der Waals surface area contributed by atoms with Crippen molar-refractivity contribution in [1.29, 1.82) is 0 Å². The van der Waals surface area contributed by atoms with Gasteiger partial charge >= 0.3 is 0 Å². The average Bonchev–Trinajstić information content (AvgIpc) is 3.30. The molecule has 1 aliphatic heterocycles. The number of rotatable bonds is 3. The number of carbonyl (C=O) groups is 1. The van der Waals surface area contributed by atoms with Crippen molar-refractivity contribution in [2.24, 2.45) is 7.05 Å². The monoisotopic (exact) mass is 323 g/mol. The Kier molecular flexibility index (Phi) is 3.59. The Morgan fingerprint density at radius 1 is 1.38 bits per heavy atom. The predicted molar refractivity (Wildman–Crippen MR) is 91.7 cm³/mol. The van der Waals surface area contributed by atoms with Gasteiger partial charge in [-0.25, -0.2) is 4.98 Å². The van der Waals surface area contributed by atoms with Crippen LogP contribution in [0.25, 0.3) is 11.0 Å². The van der Waals surface area contributed by atoms with E-state index in [0.29, 0.717) is 5.56 Å². The van der Waals surface area contributed by atoms with Gasteiger partial charge in [0, 0.05) is 31.5 Å². The minimum absolute atomic E-state index is 0.0925. The van der Waals surface area contributed by atoms with Crippen LogP contribution in [0.5, 0.6) is 0 Å². The van der Waals surface area contributed by atoms with E-state index in [1.165, 1.54) is 0 Å². The van der Waals surface area contributed by atoms with Gasteiger partial charge in [0.25, 0.3) is 5.91 Å². The van der Waals surface area contributed by atoms with Crippen molar-refractivity contribution in [2.45, 2.75) is 32.4 Å². The lowest BCUT2D eigenvalue weighted by Gasteiger charge is -2.24. The molecule has 4 rings (SSSR count). The average molecular weight is 323 g/mol. The number of fused-ring (bicyclic) bond motifs is 1. The highest BCUT2D eigenvalue weighted by atomic mass is 16.2. The highest BCUT2D eigenvalue weighted by Gasteiger charge is 2.30. The SMILES string of the molecule is Cc1nc2cc(C(=O)N3CCC[C@H]3Cn3cccn3)ccc2n1C. The molecule has 2 aromatic heterocycles. The van der Waals surface area contributed by atoms with Gasteiger partial charge in [-0.1, -0.05) is 0 Å². The predicted octanol–water partition coefficient (Wildman–Crippen LogP) is 2.38. The van der Waals surface area contributed by atoms with Crippen molar-refractivity contribution in [3.8, 4) is 0 Å². The molecule has 0 radical (unpaired) electrons. The zero-order valence-electron chi connectivity index (χ0n) is 14.0. The van der Waals surface area contributed by atoms with Gasteiger partial charge in [-0.3, -0.25) is 9.48 Å². The zero-order valence-corrected chi connectivity index (χ0v) is 14.0. The maximum absolute atomic E-state index is 13.0. The standard InChI is InChI=1S/C18H21N5O/c1-13-20-16-11-14(6-7-17(16)21(13)2)18(24)23-10-3-5-15(23)12-22-9-4-8-19-22/h4,6-9,11,15H,3,5,10,12H2,1-2H3/t15-/m0/s1. The fourth-order valence-electron chi connectivity index (χ4n) is 3.54. The summed E-state index contributed by atoms with van der Waals surface area (Å²) in [7, 11) is 1.99. The molecule has 1 fully saturated rings. The minimum atomic E-state index is 0.0925. The van der Waals surface area contributed by atoms with Gasteiger partial charge in [0.15, 0.2) is 0 Å². The van der Waals surface area contributed by atoms with E-state index < -0.39 is 0 Å². The molecule has 3 heterocycles. The van der Waals surface area contributed by atoms with Crippen LogP contribution in [0.15, 0.2) is 36.7 Å². The van der Waals surface area contributed by atoms with E-state index in [4.69, 9.17) is 0 Å². The third kappa shape index (κ3) is 2.48. The molecule has 3 aromatic rings. The number of benzene rings is 1. The molecule has 0 N–H and O–H groups in total. The van der Waals surface area contributed by atoms with E-state index >= 15 is 0 Å². The summed E-state index contributed by atoms with van der Waals surface area (Å²) in [5, 5.41) is 4.27. The van der Waals surface area contributed by atoms with Crippen LogP contribution in [0.4, 0.5) is 0 Å². The first-order valence-electron chi connectivity index (χ1n) is 8.35. The molecule has 1 atom stereocenters. The van der Waals surface area contributed by atoms with Gasteiger partial charge in [-0.2, -0.15) is 5.10 Å². The summed E-state index contributed by atoms with van der Waals surface area (Å²) >= 11 is 0. The lowest BCUT2D eigenvalue weighted by Crippen LogP contribution is -2.38. The molecule has 0 saturated carbocycles. The van der Waals surface area contributed by atoms with E-state index in [1.807, 2.05) is 58.6 Å². The van der Waals surface area contributed by atoms with Crippen LogP contribution in [0.3, 0.4) is 0 Å². The summed E-state index contributed by atoms with van der Waals surface area (Å²) in [4.78, 5) is 19.5. The molecule has 6 heteroatoms. The molecule has 1 amide bonds. The van der Waals surface area contributed by atoms with E-state index in [1.54, 1.807) is 6.20 Å². The molecule has 6 nitrogen and oxygen atoms in total. The molecule has 1 aromatic carbocycles. The largest absolute Gasteiger partial charge is 0.334 e. The highest BCUT2D eigenvalue weighted by molar-refractivity contribution is 5.97. The molecular formula is C18H21N5O. The van der Waals surface area contributed by atoms with Gasteiger partial charge in [-0.15, -0.1) is 0 Å². The molecule has 124 valence electrons. The second-order valence-corrected chi connectivity index (χ2v) is 6.44. The van der Waals surface area contributed by atoms with E-state index in [-0.39, 0.29) is 11.9 Å². The van der Waals surface area contributed by atoms with Gasteiger partial charge in [0.2, 0.25) is 0 Å². The number of aryl methyl sites for hydroxylation is 2. The number of imidazole rings is 1. The van der Waals surface area contributed by atoms with Gasteiger partial charge in [0.1, 0.15) is 5.82 Å². The van der Waals surface area contributed by atoms with Gasteiger partial charge < -0.3 is 9.47 Å². The van der Waals surface area contributed by atoms with Crippen molar-refractivity contribution in [3.05, 3.63) is 48.0 Å². The maximum atomic E-state index is 13.0. The Morgan fingerprint density at radius 2 is 2.25 bits per heavy atom. The summed E-state index contributed by atoms with van der Waals surface area (Å²) in [6.07, 6.45) is 5.79. The Balaban J connectivity index is 1.60. The lowest BCUT2D eigenvalue weighted by molar-refractivity contribution is 0.0722. The van der Waals surface area contributed by atoms with E-state index in [0.717, 1.165) is 42.8 Å². The maximum Gasteiger partial charge on any atom is 0.254 e. The quantitative estimate of drug-likeness (QED) is 0.743. The molecule has 0 bridgehead atoms. The van der Waals surface area contributed by atoms with E-state index in [9.17, 15) is 4.79 Å². The van der Waals surface area contributed by atoms with Crippen LogP contribution in [-0.2, 0) is 13.6 Å². The van der Waals surface area contributed by atoms with Crippen LogP contribution in [0, 0.1) is 6.92 Å². The number of aromatic nitrogens is 4. The number of likely N-dealkylation sites (tertiary alicyclic amines) is 1. The van der Waals surface area contributed by atoms with Crippen molar-refractivity contribution in [2.75, 3.05) is 6.54 Å². The Hall–Kier alpha value is -2.63. The van der Waals surface area contributed by atoms with Crippen molar-refractivity contribution in [1.82, 2.24) is 24.2 Å². The fraction of sp³-hybridized carbons (Fsp3) is 0.389. The van der Waals surface area contributed by atoms with Crippen molar-refractivity contribution < 1.29 is 4.79 Å². The van der Waals surface area contributed by atoms with Crippen LogP contribution >= 0.6 is 0 Å². The summed E-state index contributed by atoms with van der Waals surface area (Å²) in [5.41, 5.74) is 2.65. The second kappa shape index (κ2) is 5.78. The number of hydrogen-bond donors (Lipinski definition) is 0. The number of nitrogens with zero attached hydrogens (tertiary/aromatic N) is 5. The van der Waals surface area contributed by atoms with Crippen LogP contribution < -0.4 is 0 Å². The van der Waals surface area contributed by atoms with Gasteiger partial charge in [-0.05, 0) is 44.0 Å². The summed E-state index contributed by atoms with van der Waals surface area (Å²) in [5.74, 6) is 1.04. The van der Waals surface area contributed by atoms with E-state index in [2.05, 4.69) is 10.1 Å². The summed E-state index contributed by atoms with van der Waals surface area (Å²) in [6, 6.07) is 7.93. The van der Waals surface area contributed by atoms with Crippen molar-refractivity contribution >= 4 is 16.9 Å². The molecule has 1 saturated heterocycles. The second-order valence-electron chi connectivity index (χ2n) is 6.44. The van der Waals surface area contributed by atoms with Gasteiger partial charge in [0.05, 0.1) is 23.6 Å². The fourth-order valence-corrected chi connectivity index (χ4v) is 3.54. The first-order valence-corrected chi connectivity index (χ1v) is 8.35. The lowest BCUT2D eigenvalue weighted by atomic mass is 10.1. The first-order chi connectivity index (χ1) is 11.6. The van der Waals surface area contributed by atoms with Crippen LogP contribution in [0.1, 0.15) is 29.0 Å². The molecule has 1 aliphatic rings. The normalized spacial score (nSPS) is 17.8. The summed E-state index contributed by atoms with van der Waals surface area (Å²) in [6.45, 7) is 3.54. The Labute approximate surface area is 140 Å². The first kappa shape index (κ1) is 14.9. The minimum Gasteiger partial charge on any atom is -0.334 e. The number of amides is 1. The third-order valence-electron chi connectivity index (χ3n) is 4.95. The summed E-state index contributed by atoms with van der Waals surface area (Å²) < 4.78 is 3.95. The Morgan fingerprint density at radius 3 is 3.04 bits per heavy atom. The molecule has 0 unspecified atom stereocenters. The van der Waals surface area contributed by atoms with Crippen LogP contribution in [0.2, 0.25) is 0 Å². The molecular weight excluding hydrogens is 302 g/mol. The highest BCUT2D eigenvalue weighted by Crippen LogP contribution is 2.23. The molecule has 24 heavy (non-hydrogen) atoms. The van der Waals surface area contributed by atoms with Crippen LogP contribution in [-0.4, -0.2) is 42.7 Å². The Bertz CT molecular complexity index is 880. The number of hydrogen-bond acceptors (Lipinski definition) is 3. The third-order valence-corrected chi connectivity index (χ3v) is 4.95. The molecule has 0 spiro atoms. The molecule has 0 aliphatic carbocycles. The smallest absolute Gasteiger partial charge is 0.254 e.